The lowest BCUT2D eigenvalue weighted by Crippen LogP contribution is -2.44. The molecule has 132 valence electrons. The number of hydrogen-bond donors (Lipinski definition) is 0. The van der Waals surface area contributed by atoms with Gasteiger partial charge in [0.15, 0.2) is 5.82 Å². The third-order valence-electron chi connectivity index (χ3n) is 5.76. The Morgan fingerprint density at radius 1 is 1.16 bits per heavy atom. The van der Waals surface area contributed by atoms with E-state index in [0.717, 1.165) is 75.4 Å². The molecule has 0 aromatic carbocycles. The van der Waals surface area contributed by atoms with Gasteiger partial charge in [-0.15, -0.1) is 5.10 Å². The van der Waals surface area contributed by atoms with E-state index in [2.05, 4.69) is 15.1 Å². The standard InChI is InChI=1S/C17H21ClN6O/c18-12-10-19-23(11-12)16-14-2-1-3-15(14)24(20-16)17(25)22-9-8-21-6-4-13(22)5-7-21/h10-11,13H,1-9H2. The Bertz CT molecular complexity index is 819. The topological polar surface area (TPSA) is 59.2 Å². The van der Waals surface area contributed by atoms with Crippen molar-refractivity contribution in [1.82, 2.24) is 29.4 Å². The third kappa shape index (κ3) is 2.48. The molecule has 25 heavy (non-hydrogen) atoms. The van der Waals surface area contributed by atoms with Crippen molar-refractivity contribution in [2.24, 2.45) is 0 Å². The van der Waals surface area contributed by atoms with Crippen LogP contribution in [0.5, 0.6) is 0 Å². The summed E-state index contributed by atoms with van der Waals surface area (Å²) in [7, 11) is 0. The normalized spacial score (nSPS) is 25.2. The Hall–Kier alpha value is -1.86. The minimum Gasteiger partial charge on any atom is -0.318 e. The van der Waals surface area contributed by atoms with Gasteiger partial charge in [-0.3, -0.25) is 0 Å². The van der Waals surface area contributed by atoms with E-state index in [0.29, 0.717) is 11.1 Å². The highest BCUT2D eigenvalue weighted by Crippen LogP contribution is 2.29. The van der Waals surface area contributed by atoms with Crippen molar-refractivity contribution in [3.05, 3.63) is 28.7 Å². The number of halogens is 1. The van der Waals surface area contributed by atoms with E-state index in [1.165, 1.54) is 0 Å². The minimum atomic E-state index is 0.0244. The Kier molecular flexibility index (Phi) is 3.60. The molecule has 0 radical (unpaired) electrons. The van der Waals surface area contributed by atoms with Gasteiger partial charge in [-0.1, -0.05) is 11.6 Å². The molecule has 7 nitrogen and oxygen atoms in total. The van der Waals surface area contributed by atoms with E-state index in [9.17, 15) is 4.79 Å². The van der Waals surface area contributed by atoms with Crippen molar-refractivity contribution < 1.29 is 4.79 Å². The molecular formula is C17H21ClN6O. The van der Waals surface area contributed by atoms with E-state index in [-0.39, 0.29) is 6.03 Å². The van der Waals surface area contributed by atoms with Crippen molar-refractivity contribution in [3.63, 3.8) is 0 Å². The molecule has 0 atom stereocenters. The summed E-state index contributed by atoms with van der Waals surface area (Å²) < 4.78 is 3.33. The first kappa shape index (κ1) is 15.4. The second kappa shape index (κ2) is 5.85. The third-order valence-corrected chi connectivity index (χ3v) is 5.95. The Balaban J connectivity index is 1.52. The summed E-state index contributed by atoms with van der Waals surface area (Å²) in [5, 5.41) is 9.51. The summed E-state index contributed by atoms with van der Waals surface area (Å²) in [4.78, 5) is 17.8. The molecule has 5 heterocycles. The van der Waals surface area contributed by atoms with Gasteiger partial charge in [0, 0.05) is 37.8 Å². The lowest BCUT2D eigenvalue weighted by atomic mass is 10.1. The van der Waals surface area contributed by atoms with Crippen LogP contribution in [0.3, 0.4) is 0 Å². The first-order chi connectivity index (χ1) is 12.2. The van der Waals surface area contributed by atoms with Gasteiger partial charge >= 0.3 is 6.03 Å². The SMILES string of the molecule is O=C(N1CCN2CCC1CC2)n1nc(-n2cc(Cl)cn2)c2c1CCC2. The van der Waals surface area contributed by atoms with Crippen molar-refractivity contribution in [1.29, 1.82) is 0 Å². The molecule has 3 aliphatic heterocycles. The molecule has 3 fully saturated rings. The number of aromatic nitrogens is 4. The van der Waals surface area contributed by atoms with E-state index in [1.807, 2.05) is 4.90 Å². The van der Waals surface area contributed by atoms with Crippen LogP contribution in [0.1, 0.15) is 30.5 Å². The van der Waals surface area contributed by atoms with Crippen LogP contribution >= 0.6 is 11.6 Å². The monoisotopic (exact) mass is 360 g/mol. The Morgan fingerprint density at radius 2 is 2.00 bits per heavy atom. The summed E-state index contributed by atoms with van der Waals surface area (Å²) in [5.74, 6) is 0.746. The summed E-state index contributed by atoms with van der Waals surface area (Å²) in [5.41, 5.74) is 2.18. The number of carbonyl (C=O) groups excluding carboxylic acids is 1. The highest BCUT2D eigenvalue weighted by atomic mass is 35.5. The zero-order chi connectivity index (χ0) is 17.0. The molecule has 8 heteroatoms. The van der Waals surface area contributed by atoms with Crippen LogP contribution in [-0.2, 0) is 12.8 Å². The fourth-order valence-corrected chi connectivity index (χ4v) is 4.57. The number of amides is 1. The molecule has 0 spiro atoms. The van der Waals surface area contributed by atoms with E-state index in [4.69, 9.17) is 11.6 Å². The number of nitrogens with zero attached hydrogens (tertiary/aromatic N) is 6. The molecule has 0 N–H and O–H groups in total. The van der Waals surface area contributed by atoms with Gasteiger partial charge in [0.2, 0.25) is 0 Å². The van der Waals surface area contributed by atoms with Crippen molar-refractivity contribution >= 4 is 17.6 Å². The van der Waals surface area contributed by atoms with Crippen LogP contribution < -0.4 is 0 Å². The molecule has 1 amide bonds. The zero-order valence-corrected chi connectivity index (χ0v) is 14.8. The van der Waals surface area contributed by atoms with Crippen molar-refractivity contribution in [2.45, 2.75) is 38.1 Å². The average Bonchev–Trinajstić information content (AvgIpc) is 3.26. The molecule has 2 bridgehead atoms. The van der Waals surface area contributed by atoms with Gasteiger partial charge in [0.1, 0.15) is 0 Å². The highest BCUT2D eigenvalue weighted by Gasteiger charge is 2.35. The van der Waals surface area contributed by atoms with E-state index >= 15 is 0 Å². The second-order valence-electron chi connectivity index (χ2n) is 7.17. The quantitative estimate of drug-likeness (QED) is 0.780. The fourth-order valence-electron chi connectivity index (χ4n) is 4.44. The number of carbonyl (C=O) groups is 1. The van der Waals surface area contributed by atoms with Gasteiger partial charge in [0.25, 0.3) is 0 Å². The maximum absolute atomic E-state index is 13.3. The molecule has 3 saturated heterocycles. The first-order valence-corrected chi connectivity index (χ1v) is 9.43. The van der Waals surface area contributed by atoms with Crippen LogP contribution in [0.25, 0.3) is 5.82 Å². The molecule has 4 aliphatic rings. The van der Waals surface area contributed by atoms with Gasteiger partial charge in [-0.2, -0.15) is 9.78 Å². The summed E-state index contributed by atoms with van der Waals surface area (Å²) in [6.45, 7) is 3.96. The summed E-state index contributed by atoms with van der Waals surface area (Å²) in [6, 6.07) is 0.367. The summed E-state index contributed by atoms with van der Waals surface area (Å²) >= 11 is 6.02. The molecule has 1 aliphatic carbocycles. The summed E-state index contributed by atoms with van der Waals surface area (Å²) in [6.07, 6.45) is 8.37. The molecule has 6 rings (SSSR count). The highest BCUT2D eigenvalue weighted by molar-refractivity contribution is 6.30. The lowest BCUT2D eigenvalue weighted by Gasteiger charge is -2.31. The van der Waals surface area contributed by atoms with Gasteiger partial charge < -0.3 is 9.80 Å². The van der Waals surface area contributed by atoms with Crippen molar-refractivity contribution in [2.75, 3.05) is 26.2 Å². The van der Waals surface area contributed by atoms with Crippen LogP contribution in [0.15, 0.2) is 12.4 Å². The largest absolute Gasteiger partial charge is 0.345 e. The smallest absolute Gasteiger partial charge is 0.318 e. The average molecular weight is 361 g/mol. The van der Waals surface area contributed by atoms with Crippen LogP contribution in [-0.4, -0.2) is 67.6 Å². The second-order valence-corrected chi connectivity index (χ2v) is 7.60. The minimum absolute atomic E-state index is 0.0244. The molecule has 0 unspecified atom stereocenters. The molecule has 2 aromatic heterocycles. The molecule has 0 saturated carbocycles. The first-order valence-electron chi connectivity index (χ1n) is 9.05. The fraction of sp³-hybridized carbons (Fsp3) is 0.588. The lowest BCUT2D eigenvalue weighted by molar-refractivity contribution is 0.168. The number of fused-ring (bicyclic) bond motifs is 5. The zero-order valence-electron chi connectivity index (χ0n) is 14.1. The Morgan fingerprint density at radius 3 is 2.76 bits per heavy atom. The Labute approximate surface area is 151 Å². The predicted octanol–water partition coefficient (Wildman–Crippen LogP) is 1.96. The van der Waals surface area contributed by atoms with Gasteiger partial charge in [0.05, 0.1) is 23.1 Å². The molecular weight excluding hydrogens is 340 g/mol. The number of rotatable bonds is 1. The van der Waals surface area contributed by atoms with Gasteiger partial charge in [-0.25, -0.2) is 9.48 Å². The predicted molar refractivity (Wildman–Crippen MR) is 93.3 cm³/mol. The van der Waals surface area contributed by atoms with Gasteiger partial charge in [-0.05, 0) is 32.1 Å². The van der Waals surface area contributed by atoms with Crippen LogP contribution in [0.4, 0.5) is 4.79 Å². The van der Waals surface area contributed by atoms with Crippen LogP contribution in [0.2, 0.25) is 5.02 Å². The maximum Gasteiger partial charge on any atom is 0.345 e. The van der Waals surface area contributed by atoms with E-state index in [1.54, 1.807) is 21.8 Å². The number of piperidine rings is 1. The van der Waals surface area contributed by atoms with Crippen molar-refractivity contribution in [3.8, 4) is 5.82 Å². The molecule has 2 aromatic rings. The van der Waals surface area contributed by atoms with Crippen LogP contribution in [0, 0.1) is 0 Å². The number of hydrogen-bond acceptors (Lipinski definition) is 4. The van der Waals surface area contributed by atoms with E-state index < -0.39 is 0 Å². The maximum atomic E-state index is 13.3.